The first-order chi connectivity index (χ1) is 8.20. The third-order valence-corrected chi connectivity index (χ3v) is 2.39. The predicted octanol–water partition coefficient (Wildman–Crippen LogP) is 3.56. The number of guanidine groups is 1. The molecule has 0 spiro atoms. The smallest absolute Gasteiger partial charge is 0.191 e. The first-order valence-corrected chi connectivity index (χ1v) is 6.84. The summed E-state index contributed by atoms with van der Waals surface area (Å²) in [4.78, 5) is 4.55. The zero-order valence-electron chi connectivity index (χ0n) is 12.3. The Labute approximate surface area is 130 Å². The van der Waals surface area contributed by atoms with E-state index in [1.807, 2.05) is 6.92 Å². The third-order valence-electron chi connectivity index (χ3n) is 2.39. The van der Waals surface area contributed by atoms with Crippen LogP contribution in [-0.4, -0.2) is 25.6 Å². The van der Waals surface area contributed by atoms with Crippen molar-refractivity contribution < 1.29 is 0 Å². The zero-order chi connectivity index (χ0) is 12.9. The summed E-state index contributed by atoms with van der Waals surface area (Å²) in [5, 5.41) is 6.59. The first-order valence-electron chi connectivity index (χ1n) is 6.84. The maximum Gasteiger partial charge on any atom is 0.191 e. The van der Waals surface area contributed by atoms with Crippen molar-refractivity contribution in [2.75, 3.05) is 19.6 Å². The van der Waals surface area contributed by atoms with E-state index in [0.717, 1.165) is 37.9 Å². The first kappa shape index (κ1) is 20.1. The molecule has 0 atom stereocenters. The van der Waals surface area contributed by atoms with Gasteiger partial charge in [-0.3, -0.25) is 4.99 Å². The van der Waals surface area contributed by atoms with Crippen LogP contribution in [0.2, 0.25) is 0 Å². The van der Waals surface area contributed by atoms with Crippen molar-refractivity contribution >= 4 is 29.9 Å². The second-order valence-electron chi connectivity index (χ2n) is 4.58. The van der Waals surface area contributed by atoms with Crippen LogP contribution in [0.4, 0.5) is 0 Å². The molecule has 0 radical (unpaired) electrons. The Morgan fingerprint density at radius 3 is 2.56 bits per heavy atom. The SMILES string of the molecule is C/C=C/CCNC(=NCCCC(C)C)NCC.I. The second kappa shape index (κ2) is 14.8. The lowest BCUT2D eigenvalue weighted by Gasteiger charge is -2.10. The van der Waals surface area contributed by atoms with Gasteiger partial charge in [0.25, 0.3) is 0 Å². The van der Waals surface area contributed by atoms with Crippen LogP contribution in [0, 0.1) is 5.92 Å². The average molecular weight is 367 g/mol. The van der Waals surface area contributed by atoms with Gasteiger partial charge in [0.1, 0.15) is 0 Å². The van der Waals surface area contributed by atoms with E-state index in [9.17, 15) is 0 Å². The molecule has 0 aromatic heterocycles. The van der Waals surface area contributed by atoms with E-state index >= 15 is 0 Å². The Kier molecular flexibility index (Phi) is 16.5. The highest BCUT2D eigenvalue weighted by molar-refractivity contribution is 14.0. The molecule has 0 amide bonds. The van der Waals surface area contributed by atoms with Gasteiger partial charge in [0.15, 0.2) is 5.96 Å². The molecule has 4 heteroatoms. The van der Waals surface area contributed by atoms with Crippen molar-refractivity contribution in [3.05, 3.63) is 12.2 Å². The summed E-state index contributed by atoms with van der Waals surface area (Å²) >= 11 is 0. The molecule has 18 heavy (non-hydrogen) atoms. The molecule has 0 fully saturated rings. The van der Waals surface area contributed by atoms with Crippen LogP contribution in [0.15, 0.2) is 17.1 Å². The second-order valence-corrected chi connectivity index (χ2v) is 4.58. The van der Waals surface area contributed by atoms with E-state index in [2.05, 4.69) is 48.5 Å². The summed E-state index contributed by atoms with van der Waals surface area (Å²) < 4.78 is 0. The van der Waals surface area contributed by atoms with Crippen LogP contribution >= 0.6 is 24.0 Å². The molecule has 0 aliphatic heterocycles. The Bertz CT molecular complexity index is 225. The summed E-state index contributed by atoms with van der Waals surface area (Å²) in [5.41, 5.74) is 0. The van der Waals surface area contributed by atoms with E-state index in [1.165, 1.54) is 12.8 Å². The van der Waals surface area contributed by atoms with Crippen molar-refractivity contribution in [1.29, 1.82) is 0 Å². The number of hydrogen-bond donors (Lipinski definition) is 2. The fourth-order valence-corrected chi connectivity index (χ4v) is 1.47. The fraction of sp³-hybridized carbons (Fsp3) is 0.786. The molecule has 0 aliphatic rings. The summed E-state index contributed by atoms with van der Waals surface area (Å²) in [7, 11) is 0. The van der Waals surface area contributed by atoms with Gasteiger partial charge in [0.2, 0.25) is 0 Å². The van der Waals surface area contributed by atoms with Gasteiger partial charge in [0, 0.05) is 19.6 Å². The molecule has 3 nitrogen and oxygen atoms in total. The third kappa shape index (κ3) is 13.8. The lowest BCUT2D eigenvalue weighted by Crippen LogP contribution is -2.37. The highest BCUT2D eigenvalue weighted by Gasteiger charge is 1.96. The van der Waals surface area contributed by atoms with Gasteiger partial charge < -0.3 is 10.6 Å². The molecule has 0 aliphatic carbocycles. The van der Waals surface area contributed by atoms with Crippen LogP contribution < -0.4 is 10.6 Å². The van der Waals surface area contributed by atoms with Crippen LogP contribution in [0.25, 0.3) is 0 Å². The Morgan fingerprint density at radius 1 is 1.28 bits per heavy atom. The minimum atomic E-state index is 0. The quantitative estimate of drug-likeness (QED) is 0.226. The number of rotatable bonds is 8. The molecule has 0 aromatic rings. The molecule has 2 N–H and O–H groups in total. The Balaban J connectivity index is 0. The average Bonchev–Trinajstić information content (AvgIpc) is 2.29. The maximum atomic E-state index is 4.55. The van der Waals surface area contributed by atoms with Crippen LogP contribution in [0.3, 0.4) is 0 Å². The summed E-state index contributed by atoms with van der Waals surface area (Å²) in [6.45, 7) is 11.4. The molecule has 0 saturated heterocycles. The number of nitrogens with zero attached hydrogens (tertiary/aromatic N) is 1. The number of halogens is 1. The molecule has 0 unspecified atom stereocenters. The van der Waals surface area contributed by atoms with Crippen LogP contribution in [0.1, 0.15) is 47.0 Å². The number of nitrogens with one attached hydrogen (secondary N) is 2. The van der Waals surface area contributed by atoms with Gasteiger partial charge in [-0.15, -0.1) is 24.0 Å². The number of allylic oxidation sites excluding steroid dienone is 1. The van der Waals surface area contributed by atoms with Crippen LogP contribution in [0.5, 0.6) is 0 Å². The summed E-state index contributed by atoms with van der Waals surface area (Å²) in [5.74, 6) is 1.72. The van der Waals surface area contributed by atoms with Gasteiger partial charge in [-0.05, 0) is 39.0 Å². The van der Waals surface area contributed by atoms with Gasteiger partial charge in [0.05, 0.1) is 0 Å². The maximum absolute atomic E-state index is 4.55. The topological polar surface area (TPSA) is 36.4 Å². The standard InChI is InChI=1S/C14H29N3.HI/c1-5-7-8-11-16-14(15-6-2)17-12-9-10-13(3)4;/h5,7,13H,6,8-12H2,1-4H3,(H2,15,16,17);1H/b7-5+;. The van der Waals surface area contributed by atoms with E-state index in [0.29, 0.717) is 0 Å². The van der Waals surface area contributed by atoms with Crippen LogP contribution in [-0.2, 0) is 0 Å². The Hall–Kier alpha value is -0.260. The minimum Gasteiger partial charge on any atom is -0.357 e. The van der Waals surface area contributed by atoms with E-state index < -0.39 is 0 Å². The molecule has 0 saturated carbocycles. The van der Waals surface area contributed by atoms with E-state index in [4.69, 9.17) is 0 Å². The lowest BCUT2D eigenvalue weighted by molar-refractivity contribution is 0.560. The molecule has 0 rings (SSSR count). The number of hydrogen-bond acceptors (Lipinski definition) is 1. The normalized spacial score (nSPS) is 11.7. The summed E-state index contributed by atoms with van der Waals surface area (Å²) in [6, 6.07) is 0. The van der Waals surface area contributed by atoms with Gasteiger partial charge >= 0.3 is 0 Å². The van der Waals surface area contributed by atoms with Crippen molar-refractivity contribution in [3.63, 3.8) is 0 Å². The molecule has 0 bridgehead atoms. The number of aliphatic imine (C=N–C) groups is 1. The molecular weight excluding hydrogens is 337 g/mol. The summed E-state index contributed by atoms with van der Waals surface area (Å²) in [6.07, 6.45) is 7.71. The van der Waals surface area contributed by atoms with Crippen molar-refractivity contribution in [2.45, 2.75) is 47.0 Å². The van der Waals surface area contributed by atoms with Gasteiger partial charge in [-0.2, -0.15) is 0 Å². The van der Waals surface area contributed by atoms with Crippen molar-refractivity contribution in [3.8, 4) is 0 Å². The van der Waals surface area contributed by atoms with Gasteiger partial charge in [-0.25, -0.2) is 0 Å². The molecular formula is C14H30IN3. The Morgan fingerprint density at radius 2 is 2.00 bits per heavy atom. The molecule has 0 aromatic carbocycles. The molecule has 0 heterocycles. The van der Waals surface area contributed by atoms with Gasteiger partial charge in [-0.1, -0.05) is 26.0 Å². The molecule has 108 valence electrons. The van der Waals surface area contributed by atoms with E-state index in [-0.39, 0.29) is 24.0 Å². The highest BCUT2D eigenvalue weighted by Crippen LogP contribution is 2.02. The predicted molar refractivity (Wildman–Crippen MR) is 92.9 cm³/mol. The van der Waals surface area contributed by atoms with E-state index in [1.54, 1.807) is 0 Å². The largest absolute Gasteiger partial charge is 0.357 e. The zero-order valence-corrected chi connectivity index (χ0v) is 14.7. The minimum absolute atomic E-state index is 0. The van der Waals surface area contributed by atoms with Crippen molar-refractivity contribution in [2.24, 2.45) is 10.9 Å². The fourth-order valence-electron chi connectivity index (χ4n) is 1.47. The lowest BCUT2D eigenvalue weighted by atomic mass is 10.1. The monoisotopic (exact) mass is 367 g/mol. The highest BCUT2D eigenvalue weighted by atomic mass is 127. The van der Waals surface area contributed by atoms with Crippen molar-refractivity contribution in [1.82, 2.24) is 10.6 Å².